The number of hydrogen-bond acceptors (Lipinski definition) is 8. The number of carbonyl (C=O) groups is 4. The van der Waals surface area contributed by atoms with Gasteiger partial charge >= 0.3 is 24.1 Å². The average molecular weight is 467 g/mol. The summed E-state index contributed by atoms with van der Waals surface area (Å²) in [5.41, 5.74) is 0. The number of ether oxygens (including phenoxy) is 4. The molecule has 0 spiro atoms. The average Bonchev–Trinajstić information content (AvgIpc) is 3.34. The molecular weight excluding hydrogens is 432 g/mol. The van der Waals surface area contributed by atoms with E-state index in [1.807, 2.05) is 0 Å². The Bertz CT molecular complexity index is 740. The molecule has 2 saturated carbocycles. The maximum Gasteiger partial charge on any atom is 0.407 e. The molecule has 2 N–H and O–H groups in total. The highest BCUT2D eigenvalue weighted by atomic mass is 16.6. The first-order chi connectivity index (χ1) is 15.7. The monoisotopic (exact) mass is 466 g/mol. The highest BCUT2D eigenvalue weighted by Gasteiger charge is 2.47. The largest absolute Gasteiger partial charge is 0.459 e. The summed E-state index contributed by atoms with van der Waals surface area (Å²) in [7, 11) is 0. The van der Waals surface area contributed by atoms with Gasteiger partial charge in [0.1, 0.15) is 25.4 Å². The minimum atomic E-state index is -0.570. The van der Waals surface area contributed by atoms with Crippen molar-refractivity contribution in [2.75, 3.05) is 26.3 Å². The SMILES string of the molecule is C=CC(=O)OCC(C)OC(=O)NCC1CC2CCC1C2CNC(=O)OCC(C)OC(=O)C=C. The molecule has 6 atom stereocenters. The molecule has 10 heteroatoms. The van der Waals surface area contributed by atoms with Gasteiger partial charge in [-0.15, -0.1) is 0 Å². The number of rotatable bonds is 12. The van der Waals surface area contributed by atoms with E-state index in [0.29, 0.717) is 36.8 Å². The third kappa shape index (κ3) is 8.43. The van der Waals surface area contributed by atoms with Gasteiger partial charge in [-0.25, -0.2) is 19.2 Å². The lowest BCUT2D eigenvalue weighted by Crippen LogP contribution is -2.36. The highest BCUT2D eigenvalue weighted by molar-refractivity contribution is 5.81. The Balaban J connectivity index is 1.67. The summed E-state index contributed by atoms with van der Waals surface area (Å²) >= 11 is 0. The minimum absolute atomic E-state index is 0.0360. The van der Waals surface area contributed by atoms with E-state index in [4.69, 9.17) is 18.9 Å². The summed E-state index contributed by atoms with van der Waals surface area (Å²) in [6, 6.07) is 0. The predicted octanol–water partition coefficient (Wildman–Crippen LogP) is 2.34. The number of fused-ring (bicyclic) bond motifs is 2. The number of hydrogen-bond donors (Lipinski definition) is 2. The third-order valence-electron chi connectivity index (χ3n) is 6.10. The van der Waals surface area contributed by atoms with Gasteiger partial charge in [0.25, 0.3) is 0 Å². The van der Waals surface area contributed by atoms with Crippen LogP contribution in [-0.2, 0) is 28.5 Å². The van der Waals surface area contributed by atoms with Crippen LogP contribution in [0.25, 0.3) is 0 Å². The van der Waals surface area contributed by atoms with Gasteiger partial charge in [-0.3, -0.25) is 0 Å². The second-order valence-electron chi connectivity index (χ2n) is 8.52. The van der Waals surface area contributed by atoms with Crippen LogP contribution in [0.2, 0.25) is 0 Å². The van der Waals surface area contributed by atoms with Gasteiger partial charge in [-0.2, -0.15) is 0 Å². The maximum atomic E-state index is 12.0. The Hall–Kier alpha value is -3.04. The minimum Gasteiger partial charge on any atom is -0.459 e. The van der Waals surface area contributed by atoms with Crippen molar-refractivity contribution in [2.45, 2.75) is 45.3 Å². The van der Waals surface area contributed by atoms with Crippen LogP contribution in [0.15, 0.2) is 25.3 Å². The van der Waals surface area contributed by atoms with Crippen molar-refractivity contribution in [3.63, 3.8) is 0 Å². The van der Waals surface area contributed by atoms with E-state index in [-0.39, 0.29) is 13.2 Å². The summed E-state index contributed by atoms with van der Waals surface area (Å²) < 4.78 is 20.1. The standard InChI is InChI=1S/C23H34N2O8/c1-5-20(26)30-12-15(4)33-23(29)24-10-17-9-16-7-8-18(17)19(16)11-25-22(28)31-13-14(3)32-21(27)6-2/h5-6,14-19H,1-2,7-13H2,3-4H3,(H,24,29)(H,25,28). The van der Waals surface area contributed by atoms with Crippen LogP contribution in [0.1, 0.15) is 33.1 Å². The fraction of sp³-hybridized carbons (Fsp3) is 0.652. The zero-order valence-electron chi connectivity index (χ0n) is 19.2. The second-order valence-corrected chi connectivity index (χ2v) is 8.52. The molecule has 2 bridgehead atoms. The predicted molar refractivity (Wildman–Crippen MR) is 118 cm³/mol. The van der Waals surface area contributed by atoms with Gasteiger partial charge in [-0.05, 0) is 56.8 Å². The van der Waals surface area contributed by atoms with Crippen LogP contribution in [-0.4, -0.2) is 62.6 Å². The molecule has 0 heterocycles. The smallest absolute Gasteiger partial charge is 0.407 e. The summed E-state index contributed by atoms with van der Waals surface area (Å²) in [6.07, 6.45) is 3.01. The Labute approximate surface area is 194 Å². The third-order valence-corrected chi connectivity index (χ3v) is 6.10. The van der Waals surface area contributed by atoms with E-state index < -0.39 is 36.3 Å². The fourth-order valence-electron chi connectivity index (χ4n) is 4.64. The maximum absolute atomic E-state index is 12.0. The lowest BCUT2D eigenvalue weighted by Gasteiger charge is -2.23. The molecule has 10 nitrogen and oxygen atoms in total. The van der Waals surface area contributed by atoms with E-state index in [9.17, 15) is 19.2 Å². The zero-order valence-corrected chi connectivity index (χ0v) is 19.2. The zero-order chi connectivity index (χ0) is 24.4. The van der Waals surface area contributed by atoms with Crippen molar-refractivity contribution < 1.29 is 38.1 Å². The van der Waals surface area contributed by atoms with Crippen molar-refractivity contribution in [1.29, 1.82) is 0 Å². The van der Waals surface area contributed by atoms with Crippen molar-refractivity contribution in [3.8, 4) is 0 Å². The molecule has 0 aromatic carbocycles. The summed E-state index contributed by atoms with van der Waals surface area (Å²) in [5.74, 6) is 0.391. The molecule has 0 saturated heterocycles. The quantitative estimate of drug-likeness (QED) is 0.255. The first kappa shape index (κ1) is 26.2. The summed E-state index contributed by atoms with van der Waals surface area (Å²) in [6.45, 7) is 10.8. The Morgan fingerprint density at radius 3 is 2.21 bits per heavy atom. The number of esters is 2. The molecule has 33 heavy (non-hydrogen) atoms. The fourth-order valence-corrected chi connectivity index (χ4v) is 4.64. The Morgan fingerprint density at radius 1 is 0.879 bits per heavy atom. The molecular formula is C23H34N2O8. The molecule has 2 amide bonds. The van der Waals surface area contributed by atoms with Gasteiger partial charge < -0.3 is 29.6 Å². The van der Waals surface area contributed by atoms with Gasteiger partial charge in [-0.1, -0.05) is 13.2 Å². The number of carbonyl (C=O) groups excluding carboxylic acids is 4. The molecule has 0 aromatic rings. The van der Waals surface area contributed by atoms with Crippen LogP contribution in [0.4, 0.5) is 9.59 Å². The molecule has 184 valence electrons. The van der Waals surface area contributed by atoms with Gasteiger partial charge in [0.2, 0.25) is 0 Å². The molecule has 2 fully saturated rings. The van der Waals surface area contributed by atoms with Crippen molar-refractivity contribution >= 4 is 24.1 Å². The highest BCUT2D eigenvalue weighted by Crippen LogP contribution is 2.52. The first-order valence-corrected chi connectivity index (χ1v) is 11.2. The second kappa shape index (κ2) is 12.9. The molecule has 0 aliphatic heterocycles. The van der Waals surface area contributed by atoms with E-state index >= 15 is 0 Å². The first-order valence-electron chi connectivity index (χ1n) is 11.2. The normalized spacial score (nSPS) is 24.7. The molecule has 0 aromatic heterocycles. The number of amides is 2. The summed E-state index contributed by atoms with van der Waals surface area (Å²) in [4.78, 5) is 46.2. The summed E-state index contributed by atoms with van der Waals surface area (Å²) in [5, 5.41) is 5.60. The lowest BCUT2D eigenvalue weighted by molar-refractivity contribution is -0.144. The van der Waals surface area contributed by atoms with Crippen LogP contribution in [0, 0.1) is 23.7 Å². The number of nitrogens with one attached hydrogen (secondary N) is 2. The van der Waals surface area contributed by atoms with Gasteiger partial charge in [0.05, 0.1) is 0 Å². The molecule has 0 radical (unpaired) electrons. The van der Waals surface area contributed by atoms with E-state index in [2.05, 4.69) is 23.8 Å². The van der Waals surface area contributed by atoms with Gasteiger partial charge in [0, 0.05) is 25.2 Å². The van der Waals surface area contributed by atoms with Gasteiger partial charge in [0.15, 0.2) is 0 Å². The Kier molecular flexibility index (Phi) is 10.2. The van der Waals surface area contributed by atoms with Crippen LogP contribution < -0.4 is 10.6 Å². The Morgan fingerprint density at radius 2 is 1.52 bits per heavy atom. The molecule has 2 aliphatic rings. The van der Waals surface area contributed by atoms with Crippen LogP contribution >= 0.6 is 0 Å². The van der Waals surface area contributed by atoms with E-state index in [0.717, 1.165) is 31.4 Å². The van der Waals surface area contributed by atoms with Crippen molar-refractivity contribution in [1.82, 2.24) is 10.6 Å². The van der Waals surface area contributed by atoms with Crippen molar-refractivity contribution in [3.05, 3.63) is 25.3 Å². The number of alkyl carbamates (subject to hydrolysis) is 2. The lowest BCUT2D eigenvalue weighted by atomic mass is 9.88. The molecule has 6 unspecified atom stereocenters. The van der Waals surface area contributed by atoms with Crippen molar-refractivity contribution in [2.24, 2.45) is 23.7 Å². The topological polar surface area (TPSA) is 129 Å². The van der Waals surface area contributed by atoms with Crippen LogP contribution in [0.5, 0.6) is 0 Å². The van der Waals surface area contributed by atoms with Crippen LogP contribution in [0.3, 0.4) is 0 Å². The van der Waals surface area contributed by atoms with E-state index in [1.165, 1.54) is 0 Å². The van der Waals surface area contributed by atoms with E-state index in [1.54, 1.807) is 13.8 Å². The molecule has 2 rings (SSSR count). The molecule has 2 aliphatic carbocycles.